The van der Waals surface area contributed by atoms with Crippen LogP contribution in [0.15, 0.2) is 21.3 Å². The summed E-state index contributed by atoms with van der Waals surface area (Å²) in [5, 5.41) is 0.104. The number of ether oxygens (including phenoxy) is 2. The summed E-state index contributed by atoms with van der Waals surface area (Å²) >= 11 is 2.21. The lowest BCUT2D eigenvalue weighted by molar-refractivity contribution is -0.145. The zero-order valence-electron chi connectivity index (χ0n) is 17.3. The normalized spacial score (nSPS) is 14.8. The zero-order valence-corrected chi connectivity index (χ0v) is 20.4. The third kappa shape index (κ3) is 10.5. The van der Waals surface area contributed by atoms with E-state index in [4.69, 9.17) is 13.9 Å². The van der Waals surface area contributed by atoms with E-state index >= 15 is 0 Å². The fraction of sp³-hybridized carbons (Fsp3) is 0.684. The quantitative estimate of drug-likeness (QED) is 0.191. The van der Waals surface area contributed by atoms with Gasteiger partial charge in [0.1, 0.15) is 12.7 Å². The van der Waals surface area contributed by atoms with Gasteiger partial charge in [0.15, 0.2) is 8.32 Å². The van der Waals surface area contributed by atoms with Crippen LogP contribution in [0.25, 0.3) is 0 Å². The van der Waals surface area contributed by atoms with Gasteiger partial charge in [0.2, 0.25) is 0 Å². The Bertz CT molecular complexity index is 543. The van der Waals surface area contributed by atoms with Gasteiger partial charge in [-0.25, -0.2) is 0 Å². The van der Waals surface area contributed by atoms with Gasteiger partial charge in [-0.3, -0.25) is 9.59 Å². The summed E-state index contributed by atoms with van der Waals surface area (Å²) in [6.07, 6.45) is 3.93. The molecule has 1 unspecified atom stereocenters. The van der Waals surface area contributed by atoms with Crippen molar-refractivity contribution in [3.05, 3.63) is 21.3 Å². The number of esters is 2. The van der Waals surface area contributed by atoms with Gasteiger partial charge in [-0.1, -0.05) is 32.9 Å². The second-order valence-electron chi connectivity index (χ2n) is 7.76. The molecule has 0 saturated carbocycles. The molecule has 0 aliphatic heterocycles. The molecule has 0 N–H and O–H groups in total. The average Bonchev–Trinajstić information content (AvgIpc) is 2.45. The minimum Gasteiger partial charge on any atom is -0.461 e. The summed E-state index contributed by atoms with van der Waals surface area (Å²) < 4.78 is 17.9. The molecule has 1 atom stereocenters. The van der Waals surface area contributed by atoms with Gasteiger partial charge in [-0.15, -0.1) is 0 Å². The molecule has 26 heavy (non-hydrogen) atoms. The minimum absolute atomic E-state index is 0.0856. The highest BCUT2D eigenvalue weighted by Crippen LogP contribution is 2.36. The Morgan fingerprint density at radius 1 is 1.08 bits per heavy atom. The number of rotatable bonds is 9. The standard InChI is InChI=1S/C19H33IO5Si/c1-14(20)9-10-18(25-16(3)22)17(13-23-15(2)21)11-12-24-26(7,8)19(4,5)6/h9,11,18H,10,12-13H2,1-8H3/b14-9+,17-11+. The molecule has 0 heterocycles. The van der Waals surface area contributed by atoms with Crippen LogP contribution >= 0.6 is 22.6 Å². The van der Waals surface area contributed by atoms with Crippen LogP contribution in [0.1, 0.15) is 48.0 Å². The van der Waals surface area contributed by atoms with Gasteiger partial charge in [-0.05, 0) is 51.2 Å². The zero-order chi connectivity index (χ0) is 20.5. The van der Waals surface area contributed by atoms with Crippen LogP contribution in [0.3, 0.4) is 0 Å². The summed E-state index contributed by atoms with van der Waals surface area (Å²) in [7, 11) is -1.89. The highest BCUT2D eigenvalue weighted by molar-refractivity contribution is 14.1. The molecule has 5 nitrogen and oxygen atoms in total. The Morgan fingerprint density at radius 2 is 1.65 bits per heavy atom. The molecule has 0 aliphatic rings. The lowest BCUT2D eigenvalue weighted by atomic mass is 10.1. The number of allylic oxidation sites excluding steroid dienone is 1. The second kappa shape index (κ2) is 11.2. The minimum atomic E-state index is -1.89. The van der Waals surface area contributed by atoms with Crippen molar-refractivity contribution in [2.75, 3.05) is 13.2 Å². The number of carbonyl (C=O) groups is 2. The topological polar surface area (TPSA) is 61.8 Å². The molecule has 0 saturated heterocycles. The maximum atomic E-state index is 11.5. The molecule has 0 amide bonds. The molecule has 0 aliphatic carbocycles. The Morgan fingerprint density at radius 3 is 2.08 bits per heavy atom. The van der Waals surface area contributed by atoms with Crippen molar-refractivity contribution in [3.8, 4) is 0 Å². The molecule has 7 heteroatoms. The van der Waals surface area contributed by atoms with E-state index in [1.165, 1.54) is 13.8 Å². The first-order valence-corrected chi connectivity index (χ1v) is 12.7. The maximum Gasteiger partial charge on any atom is 0.303 e. The van der Waals surface area contributed by atoms with E-state index in [0.29, 0.717) is 13.0 Å². The third-order valence-electron chi connectivity index (χ3n) is 4.37. The van der Waals surface area contributed by atoms with Crippen molar-refractivity contribution in [1.82, 2.24) is 0 Å². The van der Waals surface area contributed by atoms with Gasteiger partial charge >= 0.3 is 11.9 Å². The predicted molar refractivity (Wildman–Crippen MR) is 116 cm³/mol. The van der Waals surface area contributed by atoms with Crippen LogP contribution in [0, 0.1) is 0 Å². The summed E-state index contributed by atoms with van der Waals surface area (Å²) in [6.45, 7) is 16.1. The van der Waals surface area contributed by atoms with E-state index in [2.05, 4.69) is 56.5 Å². The summed E-state index contributed by atoms with van der Waals surface area (Å²) in [5.74, 6) is -0.739. The fourth-order valence-corrected chi connectivity index (χ4v) is 2.97. The van der Waals surface area contributed by atoms with Crippen LogP contribution in [0.5, 0.6) is 0 Å². The van der Waals surface area contributed by atoms with Gasteiger partial charge in [0.25, 0.3) is 0 Å². The monoisotopic (exact) mass is 496 g/mol. The molecule has 0 radical (unpaired) electrons. The first kappa shape index (κ1) is 25.3. The Balaban J connectivity index is 5.39. The van der Waals surface area contributed by atoms with Crippen LogP contribution < -0.4 is 0 Å². The SMILES string of the molecule is CC(=O)OC/C(=C\CO[Si](C)(C)C(C)(C)C)C(C/C=C(\C)I)OC(C)=O. The summed E-state index contributed by atoms with van der Waals surface area (Å²) in [5.41, 5.74) is 0.739. The highest BCUT2D eigenvalue weighted by atomic mass is 127. The van der Waals surface area contributed by atoms with E-state index in [1.54, 1.807) is 0 Å². The molecule has 150 valence electrons. The molecule has 0 spiro atoms. The lowest BCUT2D eigenvalue weighted by Crippen LogP contribution is -2.40. The Kier molecular flexibility index (Phi) is 10.9. The first-order valence-electron chi connectivity index (χ1n) is 8.72. The molecule has 0 aromatic carbocycles. The first-order chi connectivity index (χ1) is 11.8. The number of hydrogen-bond donors (Lipinski definition) is 0. The van der Waals surface area contributed by atoms with Crippen molar-refractivity contribution >= 4 is 42.8 Å². The largest absolute Gasteiger partial charge is 0.461 e. The molecule has 0 fully saturated rings. The van der Waals surface area contributed by atoms with Crippen molar-refractivity contribution in [2.45, 2.75) is 72.2 Å². The van der Waals surface area contributed by atoms with Crippen molar-refractivity contribution in [1.29, 1.82) is 0 Å². The van der Waals surface area contributed by atoms with E-state index in [9.17, 15) is 9.59 Å². The number of hydrogen-bond acceptors (Lipinski definition) is 5. The Hall–Kier alpha value is -0.673. The molecular weight excluding hydrogens is 463 g/mol. The van der Waals surface area contributed by atoms with E-state index < -0.39 is 14.4 Å². The number of halogens is 1. The van der Waals surface area contributed by atoms with Crippen LogP contribution in [0.4, 0.5) is 0 Å². The van der Waals surface area contributed by atoms with Crippen molar-refractivity contribution < 1.29 is 23.5 Å². The van der Waals surface area contributed by atoms with Crippen molar-refractivity contribution in [2.24, 2.45) is 0 Å². The smallest absolute Gasteiger partial charge is 0.303 e. The molecule has 0 bridgehead atoms. The van der Waals surface area contributed by atoms with Gasteiger partial charge in [0, 0.05) is 25.8 Å². The van der Waals surface area contributed by atoms with E-state index in [1.807, 2.05) is 19.1 Å². The Labute approximate surface area is 172 Å². The van der Waals surface area contributed by atoms with Gasteiger partial charge in [0.05, 0.1) is 6.61 Å². The van der Waals surface area contributed by atoms with Crippen molar-refractivity contribution in [3.63, 3.8) is 0 Å². The molecule has 0 aromatic rings. The van der Waals surface area contributed by atoms with E-state index in [0.717, 1.165) is 9.15 Å². The molecular formula is C19H33IO5Si. The van der Waals surface area contributed by atoms with Crippen LogP contribution in [-0.2, 0) is 23.5 Å². The van der Waals surface area contributed by atoms with Gasteiger partial charge in [-0.2, -0.15) is 0 Å². The number of carbonyl (C=O) groups excluding carboxylic acids is 2. The van der Waals surface area contributed by atoms with Gasteiger partial charge < -0.3 is 13.9 Å². The predicted octanol–water partition coefficient (Wildman–Crippen LogP) is 5.16. The molecule has 0 aromatic heterocycles. The second-order valence-corrected chi connectivity index (χ2v) is 14.3. The lowest BCUT2D eigenvalue weighted by Gasteiger charge is -2.36. The highest BCUT2D eigenvalue weighted by Gasteiger charge is 2.36. The maximum absolute atomic E-state index is 11.5. The summed E-state index contributed by atoms with van der Waals surface area (Å²) in [4.78, 5) is 22.7. The third-order valence-corrected chi connectivity index (χ3v) is 9.31. The fourth-order valence-electron chi connectivity index (χ4n) is 1.79. The summed E-state index contributed by atoms with van der Waals surface area (Å²) in [6, 6.07) is 0. The van der Waals surface area contributed by atoms with Crippen LogP contribution in [-0.4, -0.2) is 39.6 Å². The van der Waals surface area contributed by atoms with E-state index in [-0.39, 0.29) is 23.6 Å². The molecule has 0 rings (SSSR count). The average molecular weight is 496 g/mol. The van der Waals surface area contributed by atoms with Crippen LogP contribution in [0.2, 0.25) is 18.1 Å².